The maximum absolute atomic E-state index is 6.00. The summed E-state index contributed by atoms with van der Waals surface area (Å²) in [6.45, 7) is 0. The number of hydrogen-bond donors (Lipinski definition) is 1. The normalized spacial score (nSPS) is 12.4. The Bertz CT molecular complexity index is 446. The van der Waals surface area contributed by atoms with Gasteiger partial charge in [-0.3, -0.25) is 15.0 Å². The summed E-state index contributed by atoms with van der Waals surface area (Å²) in [5, 5.41) is 0.538. The van der Waals surface area contributed by atoms with Gasteiger partial charge in [-0.05, 0) is 11.6 Å². The molecule has 5 heteroatoms. The molecule has 0 saturated heterocycles. The smallest absolute Gasteiger partial charge is 0.0799 e. The molecule has 1 unspecified atom stereocenters. The van der Waals surface area contributed by atoms with Gasteiger partial charge in [0.05, 0.1) is 23.0 Å². The summed E-state index contributed by atoms with van der Waals surface area (Å²) in [5.41, 5.74) is 7.49. The van der Waals surface area contributed by atoms with E-state index in [4.69, 9.17) is 17.3 Å². The molecule has 0 amide bonds. The summed E-state index contributed by atoms with van der Waals surface area (Å²) in [4.78, 5) is 12.0. The molecule has 15 heavy (non-hydrogen) atoms. The van der Waals surface area contributed by atoms with Crippen LogP contribution in [0.4, 0.5) is 0 Å². The van der Waals surface area contributed by atoms with Crippen molar-refractivity contribution in [3.05, 3.63) is 53.3 Å². The zero-order valence-corrected chi connectivity index (χ0v) is 8.59. The van der Waals surface area contributed by atoms with E-state index in [9.17, 15) is 0 Å². The number of halogens is 1. The van der Waals surface area contributed by atoms with Crippen molar-refractivity contribution in [2.75, 3.05) is 0 Å². The number of rotatable bonds is 2. The third-order valence-electron chi connectivity index (χ3n) is 2.04. The molecule has 0 fully saturated rings. The second-order valence-corrected chi connectivity index (χ2v) is 3.41. The number of aromatic nitrogens is 3. The van der Waals surface area contributed by atoms with Crippen LogP contribution in [0.1, 0.15) is 17.3 Å². The molecule has 2 N–H and O–H groups in total. The average Bonchev–Trinajstić information content (AvgIpc) is 2.30. The second kappa shape index (κ2) is 4.33. The Morgan fingerprint density at radius 1 is 1.13 bits per heavy atom. The minimum atomic E-state index is -0.366. The fourth-order valence-corrected chi connectivity index (χ4v) is 1.51. The first-order chi connectivity index (χ1) is 7.29. The van der Waals surface area contributed by atoms with Crippen LogP contribution < -0.4 is 5.73 Å². The van der Waals surface area contributed by atoms with Crippen molar-refractivity contribution in [1.29, 1.82) is 0 Å². The molecular formula is C10H9ClN4. The number of pyridine rings is 1. The van der Waals surface area contributed by atoms with E-state index in [2.05, 4.69) is 15.0 Å². The van der Waals surface area contributed by atoms with Crippen LogP contribution in [-0.2, 0) is 0 Å². The SMILES string of the molecule is NC(c1cnccn1)c1ccncc1Cl. The first-order valence-electron chi connectivity index (χ1n) is 4.40. The molecule has 2 aromatic heterocycles. The Labute approximate surface area is 92.2 Å². The molecule has 0 saturated carbocycles. The zero-order valence-electron chi connectivity index (χ0n) is 7.84. The number of nitrogens with zero attached hydrogens (tertiary/aromatic N) is 3. The van der Waals surface area contributed by atoms with E-state index >= 15 is 0 Å². The molecule has 2 rings (SSSR count). The van der Waals surface area contributed by atoms with Crippen molar-refractivity contribution in [3.63, 3.8) is 0 Å². The average molecular weight is 221 g/mol. The van der Waals surface area contributed by atoms with Gasteiger partial charge >= 0.3 is 0 Å². The van der Waals surface area contributed by atoms with Crippen molar-refractivity contribution in [2.24, 2.45) is 5.73 Å². The second-order valence-electron chi connectivity index (χ2n) is 3.01. The predicted molar refractivity (Wildman–Crippen MR) is 57.3 cm³/mol. The number of hydrogen-bond acceptors (Lipinski definition) is 4. The van der Waals surface area contributed by atoms with Gasteiger partial charge in [0.25, 0.3) is 0 Å². The predicted octanol–water partition coefficient (Wildman–Crippen LogP) is 1.57. The lowest BCUT2D eigenvalue weighted by atomic mass is 10.1. The van der Waals surface area contributed by atoms with Crippen LogP contribution in [-0.4, -0.2) is 15.0 Å². The van der Waals surface area contributed by atoms with E-state index in [-0.39, 0.29) is 6.04 Å². The van der Waals surface area contributed by atoms with Crippen LogP contribution in [0, 0.1) is 0 Å². The Morgan fingerprint density at radius 2 is 1.93 bits per heavy atom. The topological polar surface area (TPSA) is 64.7 Å². The Kier molecular flexibility index (Phi) is 2.89. The van der Waals surface area contributed by atoms with Gasteiger partial charge in [-0.2, -0.15) is 0 Å². The summed E-state index contributed by atoms with van der Waals surface area (Å²) in [6, 6.07) is 1.41. The van der Waals surface area contributed by atoms with Crippen LogP contribution in [0.5, 0.6) is 0 Å². The third-order valence-corrected chi connectivity index (χ3v) is 2.36. The lowest BCUT2D eigenvalue weighted by molar-refractivity contribution is 0.816. The minimum absolute atomic E-state index is 0.366. The fourth-order valence-electron chi connectivity index (χ4n) is 1.27. The first-order valence-corrected chi connectivity index (χ1v) is 4.77. The summed E-state index contributed by atoms with van der Waals surface area (Å²) in [7, 11) is 0. The minimum Gasteiger partial charge on any atom is -0.319 e. The summed E-state index contributed by atoms with van der Waals surface area (Å²) in [6.07, 6.45) is 8.04. The molecule has 0 aliphatic carbocycles. The standard InChI is InChI=1S/C10H9ClN4/c11-8-5-13-2-1-7(8)10(12)9-6-14-3-4-15-9/h1-6,10H,12H2. The molecular weight excluding hydrogens is 212 g/mol. The largest absolute Gasteiger partial charge is 0.319 e. The van der Waals surface area contributed by atoms with Crippen molar-refractivity contribution in [3.8, 4) is 0 Å². The van der Waals surface area contributed by atoms with E-state index in [0.717, 1.165) is 5.56 Å². The van der Waals surface area contributed by atoms with Gasteiger partial charge in [0, 0.05) is 24.8 Å². The van der Waals surface area contributed by atoms with E-state index in [1.807, 2.05) is 0 Å². The van der Waals surface area contributed by atoms with Gasteiger partial charge in [0.15, 0.2) is 0 Å². The highest BCUT2D eigenvalue weighted by Crippen LogP contribution is 2.23. The van der Waals surface area contributed by atoms with Crippen molar-refractivity contribution >= 4 is 11.6 Å². The van der Waals surface area contributed by atoms with Crippen molar-refractivity contribution < 1.29 is 0 Å². The molecule has 2 aromatic rings. The molecule has 0 aromatic carbocycles. The van der Waals surface area contributed by atoms with Crippen LogP contribution in [0.15, 0.2) is 37.1 Å². The Morgan fingerprint density at radius 3 is 2.60 bits per heavy atom. The zero-order chi connectivity index (χ0) is 10.7. The Hall–Kier alpha value is -1.52. The molecule has 4 nitrogen and oxygen atoms in total. The highest BCUT2D eigenvalue weighted by molar-refractivity contribution is 6.31. The molecule has 0 spiro atoms. The van der Waals surface area contributed by atoms with Gasteiger partial charge in [0.1, 0.15) is 0 Å². The Balaban J connectivity index is 2.37. The maximum Gasteiger partial charge on any atom is 0.0799 e. The van der Waals surface area contributed by atoms with E-state index in [1.165, 1.54) is 0 Å². The van der Waals surface area contributed by atoms with Crippen LogP contribution in [0.25, 0.3) is 0 Å². The monoisotopic (exact) mass is 220 g/mol. The highest BCUT2D eigenvalue weighted by Gasteiger charge is 2.13. The molecule has 1 atom stereocenters. The van der Waals surface area contributed by atoms with Gasteiger partial charge < -0.3 is 5.73 Å². The van der Waals surface area contributed by atoms with Crippen LogP contribution >= 0.6 is 11.6 Å². The van der Waals surface area contributed by atoms with E-state index < -0.39 is 0 Å². The van der Waals surface area contributed by atoms with Crippen LogP contribution in [0.2, 0.25) is 5.02 Å². The van der Waals surface area contributed by atoms with Crippen molar-refractivity contribution in [1.82, 2.24) is 15.0 Å². The van der Waals surface area contributed by atoms with Gasteiger partial charge in [-0.1, -0.05) is 11.6 Å². The quantitative estimate of drug-likeness (QED) is 0.835. The van der Waals surface area contributed by atoms with E-state index in [1.54, 1.807) is 37.1 Å². The maximum atomic E-state index is 6.00. The van der Waals surface area contributed by atoms with Crippen molar-refractivity contribution in [2.45, 2.75) is 6.04 Å². The first kappa shape index (κ1) is 10.0. The number of nitrogens with two attached hydrogens (primary N) is 1. The molecule has 2 heterocycles. The van der Waals surface area contributed by atoms with Gasteiger partial charge in [0.2, 0.25) is 0 Å². The lowest BCUT2D eigenvalue weighted by Crippen LogP contribution is -2.14. The molecule has 0 radical (unpaired) electrons. The van der Waals surface area contributed by atoms with Gasteiger partial charge in [-0.25, -0.2) is 0 Å². The fraction of sp³-hybridized carbons (Fsp3) is 0.100. The molecule has 76 valence electrons. The molecule has 0 aliphatic rings. The highest BCUT2D eigenvalue weighted by atomic mass is 35.5. The third kappa shape index (κ3) is 2.11. The molecule has 0 bridgehead atoms. The summed E-state index contributed by atoms with van der Waals surface area (Å²) >= 11 is 5.98. The molecule has 0 aliphatic heterocycles. The summed E-state index contributed by atoms with van der Waals surface area (Å²) < 4.78 is 0. The lowest BCUT2D eigenvalue weighted by Gasteiger charge is -2.11. The van der Waals surface area contributed by atoms with E-state index in [0.29, 0.717) is 10.7 Å². The van der Waals surface area contributed by atoms with Crippen LogP contribution in [0.3, 0.4) is 0 Å². The summed E-state index contributed by atoms with van der Waals surface area (Å²) in [5.74, 6) is 0. The van der Waals surface area contributed by atoms with Gasteiger partial charge in [-0.15, -0.1) is 0 Å².